The number of fused-ring (bicyclic) bond motifs is 1. The van der Waals surface area contributed by atoms with Crippen molar-refractivity contribution in [1.29, 1.82) is 0 Å². The van der Waals surface area contributed by atoms with Crippen LogP contribution in [0.25, 0.3) is 11.2 Å². The van der Waals surface area contributed by atoms with Gasteiger partial charge in [-0.05, 0) is 6.92 Å². The van der Waals surface area contributed by atoms with Crippen molar-refractivity contribution in [3.8, 4) is 0 Å². The minimum Gasteiger partial charge on any atom is -0.394 e. The third-order valence-electron chi connectivity index (χ3n) is 4.97. The summed E-state index contributed by atoms with van der Waals surface area (Å²) in [6.45, 7) is 0.737. The molecule has 0 saturated carbocycles. The first kappa shape index (κ1) is 23.4. The number of nitrogens with two attached hydrogens (primary N) is 1. The average molecular weight is 443 g/mol. The number of rotatable bonds is 7. The lowest BCUT2D eigenvalue weighted by molar-refractivity contribution is -0.327. The number of nitrogens with zero attached hydrogens (tertiary/aromatic N) is 3. The molecular formula is C17H25N5O9. The molecule has 172 valence electrons. The van der Waals surface area contributed by atoms with Gasteiger partial charge in [-0.15, -0.1) is 0 Å². The van der Waals surface area contributed by atoms with Crippen LogP contribution < -0.4 is 11.3 Å². The highest BCUT2D eigenvalue weighted by atomic mass is 16.7. The zero-order chi connectivity index (χ0) is 22.9. The Bertz CT molecular complexity index is 959. The first-order valence-corrected chi connectivity index (χ1v) is 9.37. The standard InChI is InChI=1S/C17H25N5O9/c1-5(9(25)6-3-19-14-8(20-6)15(28)22-17(18)21-14)30-16-11(27)13(29-2)10(26)12(31-16)7(24)4-23/h3,5,7,9-13,16,23-27H,4H2,1-2H3,(H3,18,19,21,22,28). The third-order valence-corrected chi connectivity index (χ3v) is 4.97. The summed E-state index contributed by atoms with van der Waals surface area (Å²) in [5.74, 6) is -0.130. The van der Waals surface area contributed by atoms with Gasteiger partial charge in [-0.3, -0.25) is 9.78 Å². The van der Waals surface area contributed by atoms with Gasteiger partial charge in [0, 0.05) is 7.11 Å². The van der Waals surface area contributed by atoms with Crippen molar-refractivity contribution in [1.82, 2.24) is 19.9 Å². The molecule has 14 nitrogen and oxygen atoms in total. The lowest BCUT2D eigenvalue weighted by atomic mass is 9.95. The van der Waals surface area contributed by atoms with E-state index >= 15 is 0 Å². The molecule has 0 aromatic carbocycles. The van der Waals surface area contributed by atoms with E-state index < -0.39 is 61.2 Å². The van der Waals surface area contributed by atoms with Crippen LogP contribution in [-0.4, -0.2) is 102 Å². The molecule has 0 amide bonds. The fraction of sp³-hybridized carbons (Fsp3) is 0.647. The van der Waals surface area contributed by atoms with E-state index in [1.807, 2.05) is 0 Å². The molecular weight excluding hydrogens is 418 g/mol. The Morgan fingerprint density at radius 3 is 2.65 bits per heavy atom. The molecule has 2 aromatic heterocycles. The highest BCUT2D eigenvalue weighted by molar-refractivity contribution is 5.69. The predicted octanol–water partition coefficient (Wildman–Crippen LogP) is -3.45. The van der Waals surface area contributed by atoms with Crippen LogP contribution in [0.5, 0.6) is 0 Å². The number of aliphatic hydroxyl groups is 5. The number of H-pyrrole nitrogens is 1. The van der Waals surface area contributed by atoms with Crippen LogP contribution in [0.4, 0.5) is 5.95 Å². The van der Waals surface area contributed by atoms with E-state index in [0.29, 0.717) is 0 Å². The van der Waals surface area contributed by atoms with Gasteiger partial charge in [0.2, 0.25) is 5.95 Å². The summed E-state index contributed by atoms with van der Waals surface area (Å²) in [5.41, 5.74) is 4.66. The molecule has 8 unspecified atom stereocenters. The Labute approximate surface area is 175 Å². The van der Waals surface area contributed by atoms with E-state index in [1.165, 1.54) is 20.2 Å². The topological polar surface area (TPSA) is 226 Å². The molecule has 3 rings (SSSR count). The summed E-state index contributed by atoms with van der Waals surface area (Å²) in [4.78, 5) is 26.1. The quantitative estimate of drug-likeness (QED) is 0.221. The van der Waals surface area contributed by atoms with Crippen molar-refractivity contribution in [2.45, 2.75) is 55.9 Å². The molecule has 1 aliphatic rings. The molecule has 0 spiro atoms. The number of ether oxygens (including phenoxy) is 3. The maximum atomic E-state index is 12.0. The first-order chi connectivity index (χ1) is 14.7. The van der Waals surface area contributed by atoms with E-state index in [9.17, 15) is 30.3 Å². The molecule has 1 fully saturated rings. The number of nitrogen functional groups attached to an aromatic ring is 1. The largest absolute Gasteiger partial charge is 0.394 e. The number of aliphatic hydroxyl groups excluding tert-OH is 5. The highest BCUT2D eigenvalue weighted by Crippen LogP contribution is 2.29. The number of anilines is 1. The second kappa shape index (κ2) is 9.46. The van der Waals surface area contributed by atoms with Gasteiger partial charge < -0.3 is 45.5 Å². The normalized spacial score (nSPS) is 29.6. The Morgan fingerprint density at radius 2 is 2.00 bits per heavy atom. The van der Waals surface area contributed by atoms with Crippen LogP contribution >= 0.6 is 0 Å². The Kier molecular flexibility index (Phi) is 7.13. The lowest BCUT2D eigenvalue weighted by Crippen LogP contribution is -2.62. The Hall–Kier alpha value is -2.30. The molecule has 3 heterocycles. The zero-order valence-corrected chi connectivity index (χ0v) is 16.7. The molecule has 1 aliphatic heterocycles. The second-order valence-electron chi connectivity index (χ2n) is 7.10. The number of nitrogens with one attached hydrogen (secondary N) is 1. The third kappa shape index (κ3) is 4.65. The zero-order valence-electron chi connectivity index (χ0n) is 16.7. The minimum absolute atomic E-state index is 0.00503. The average Bonchev–Trinajstić information content (AvgIpc) is 2.74. The van der Waals surface area contributed by atoms with E-state index in [4.69, 9.17) is 19.9 Å². The van der Waals surface area contributed by atoms with Crippen molar-refractivity contribution in [2.75, 3.05) is 19.5 Å². The SMILES string of the molecule is COC1C(O)C(OC(C)C(O)c2cnc3nc(N)[nH]c(=O)c3n2)OC(C(O)CO)C1O. The molecule has 0 radical (unpaired) electrons. The van der Waals surface area contributed by atoms with Gasteiger partial charge >= 0.3 is 0 Å². The molecule has 31 heavy (non-hydrogen) atoms. The molecule has 0 bridgehead atoms. The molecule has 1 saturated heterocycles. The summed E-state index contributed by atoms with van der Waals surface area (Å²) in [6.07, 6.45) is -9.59. The summed E-state index contributed by atoms with van der Waals surface area (Å²) in [5, 5.41) is 50.3. The lowest BCUT2D eigenvalue weighted by Gasteiger charge is -2.43. The summed E-state index contributed by atoms with van der Waals surface area (Å²) in [7, 11) is 1.24. The molecule has 8 atom stereocenters. The fourth-order valence-corrected chi connectivity index (χ4v) is 3.29. The minimum atomic E-state index is -1.48. The molecule has 0 aliphatic carbocycles. The van der Waals surface area contributed by atoms with E-state index in [2.05, 4.69) is 19.9 Å². The summed E-state index contributed by atoms with van der Waals surface area (Å²) in [6, 6.07) is 0. The van der Waals surface area contributed by atoms with Crippen LogP contribution in [-0.2, 0) is 14.2 Å². The first-order valence-electron chi connectivity index (χ1n) is 9.37. The van der Waals surface area contributed by atoms with Crippen LogP contribution in [0, 0.1) is 0 Å². The smallest absolute Gasteiger partial charge is 0.280 e. The molecule has 2 aromatic rings. The Morgan fingerprint density at radius 1 is 1.29 bits per heavy atom. The van der Waals surface area contributed by atoms with Gasteiger partial charge in [-0.2, -0.15) is 4.98 Å². The van der Waals surface area contributed by atoms with Gasteiger partial charge in [0.15, 0.2) is 17.5 Å². The van der Waals surface area contributed by atoms with Gasteiger partial charge in [0.05, 0.1) is 24.6 Å². The van der Waals surface area contributed by atoms with Crippen LogP contribution in [0.2, 0.25) is 0 Å². The van der Waals surface area contributed by atoms with Gasteiger partial charge in [0.1, 0.15) is 36.6 Å². The van der Waals surface area contributed by atoms with Gasteiger partial charge in [0.25, 0.3) is 5.56 Å². The Balaban J connectivity index is 1.80. The van der Waals surface area contributed by atoms with Crippen molar-refractivity contribution in [3.63, 3.8) is 0 Å². The summed E-state index contributed by atoms with van der Waals surface area (Å²) >= 11 is 0. The maximum absolute atomic E-state index is 12.0. The predicted molar refractivity (Wildman–Crippen MR) is 102 cm³/mol. The molecule has 8 N–H and O–H groups in total. The number of aromatic nitrogens is 4. The van der Waals surface area contributed by atoms with Crippen molar-refractivity contribution in [2.24, 2.45) is 0 Å². The summed E-state index contributed by atoms with van der Waals surface area (Å²) < 4.78 is 16.1. The van der Waals surface area contributed by atoms with Gasteiger partial charge in [-0.25, -0.2) is 9.97 Å². The van der Waals surface area contributed by atoms with E-state index in [0.717, 1.165) is 0 Å². The number of hydrogen-bond acceptors (Lipinski definition) is 13. The molecule has 14 heteroatoms. The van der Waals surface area contributed by atoms with Crippen LogP contribution in [0.15, 0.2) is 11.0 Å². The van der Waals surface area contributed by atoms with Crippen LogP contribution in [0.1, 0.15) is 18.7 Å². The van der Waals surface area contributed by atoms with Crippen molar-refractivity contribution >= 4 is 17.1 Å². The van der Waals surface area contributed by atoms with Crippen LogP contribution in [0.3, 0.4) is 0 Å². The van der Waals surface area contributed by atoms with Crippen molar-refractivity contribution in [3.05, 3.63) is 22.2 Å². The highest BCUT2D eigenvalue weighted by Gasteiger charge is 2.48. The maximum Gasteiger partial charge on any atom is 0.280 e. The number of methoxy groups -OCH3 is 1. The van der Waals surface area contributed by atoms with E-state index in [-0.39, 0.29) is 22.8 Å². The van der Waals surface area contributed by atoms with E-state index in [1.54, 1.807) is 0 Å². The van der Waals surface area contributed by atoms with Crippen molar-refractivity contribution < 1.29 is 39.7 Å². The van der Waals surface area contributed by atoms with Gasteiger partial charge in [-0.1, -0.05) is 0 Å². The number of hydrogen-bond donors (Lipinski definition) is 7. The monoisotopic (exact) mass is 443 g/mol. The number of aromatic amines is 1. The fourth-order valence-electron chi connectivity index (χ4n) is 3.29. The second-order valence-corrected chi connectivity index (χ2v) is 7.10.